The average Bonchev–Trinajstić information content (AvgIpc) is 3.44. The van der Waals surface area contributed by atoms with Crippen molar-refractivity contribution in [2.75, 3.05) is 5.75 Å². The quantitative estimate of drug-likeness (QED) is 0.168. The molecular weight excluding hydrogens is 416 g/mol. The van der Waals surface area contributed by atoms with Gasteiger partial charge in [-0.3, -0.25) is 0 Å². The summed E-state index contributed by atoms with van der Waals surface area (Å²) in [6.07, 6.45) is 5.06. The summed E-state index contributed by atoms with van der Waals surface area (Å²) in [5.74, 6) is 1.47. The van der Waals surface area contributed by atoms with Crippen LogP contribution in [0.2, 0.25) is 0 Å². The van der Waals surface area contributed by atoms with Crippen molar-refractivity contribution in [1.29, 1.82) is 0 Å². The number of benzene rings is 3. The molecule has 32 heavy (non-hydrogen) atoms. The van der Waals surface area contributed by atoms with Crippen LogP contribution in [-0.4, -0.2) is 22.2 Å². The Kier molecular flexibility index (Phi) is 5.91. The van der Waals surface area contributed by atoms with Gasteiger partial charge in [-0.2, -0.15) is 0 Å². The van der Waals surface area contributed by atoms with E-state index in [-0.39, 0.29) is 0 Å². The minimum atomic E-state index is -0.530. The Bertz CT molecular complexity index is 1170. The number of rotatable bonds is 9. The molecule has 0 bridgehead atoms. The fourth-order valence-corrected chi connectivity index (χ4v) is 5.38. The van der Waals surface area contributed by atoms with E-state index in [9.17, 15) is 4.79 Å². The van der Waals surface area contributed by atoms with E-state index < -0.39 is 5.41 Å². The highest BCUT2D eigenvalue weighted by Gasteiger charge is 2.42. The molecule has 0 amide bonds. The van der Waals surface area contributed by atoms with E-state index in [4.69, 9.17) is 4.42 Å². The molecule has 5 heteroatoms. The second-order valence-corrected chi connectivity index (χ2v) is 9.12. The summed E-state index contributed by atoms with van der Waals surface area (Å²) in [6, 6.07) is 26.5. The molecule has 3 aromatic carbocycles. The van der Waals surface area contributed by atoms with Gasteiger partial charge < -0.3 is 9.21 Å². The number of fused-ring (bicyclic) bond motifs is 3. The summed E-state index contributed by atoms with van der Waals surface area (Å²) in [6.45, 7) is 0. The van der Waals surface area contributed by atoms with E-state index in [1.54, 1.807) is 11.8 Å². The van der Waals surface area contributed by atoms with Gasteiger partial charge in [0.25, 0.3) is 5.22 Å². The van der Waals surface area contributed by atoms with E-state index in [2.05, 4.69) is 46.6 Å². The molecule has 0 aliphatic heterocycles. The molecule has 0 N–H and O–H groups in total. The van der Waals surface area contributed by atoms with Crippen molar-refractivity contribution in [1.82, 2.24) is 10.2 Å². The fourth-order valence-electron chi connectivity index (χ4n) is 4.62. The van der Waals surface area contributed by atoms with Crippen LogP contribution in [0.15, 0.2) is 88.5 Å². The van der Waals surface area contributed by atoms with E-state index in [1.165, 1.54) is 11.1 Å². The largest absolute Gasteiger partial charge is 0.411 e. The maximum absolute atomic E-state index is 12.4. The Balaban J connectivity index is 1.17. The van der Waals surface area contributed by atoms with Gasteiger partial charge in [0.2, 0.25) is 5.89 Å². The SMILES string of the molecule is O=CC1(CCCCCSc2nnc(-c3ccccc3)o2)c2ccccc2-c2ccccc21. The molecule has 0 saturated heterocycles. The highest BCUT2D eigenvalue weighted by molar-refractivity contribution is 7.99. The third-order valence-corrected chi connectivity index (χ3v) is 7.08. The highest BCUT2D eigenvalue weighted by atomic mass is 32.2. The summed E-state index contributed by atoms with van der Waals surface area (Å²) in [7, 11) is 0. The minimum absolute atomic E-state index is 0.530. The second kappa shape index (κ2) is 9.13. The molecule has 1 heterocycles. The van der Waals surface area contributed by atoms with Gasteiger partial charge >= 0.3 is 0 Å². The maximum Gasteiger partial charge on any atom is 0.276 e. The van der Waals surface area contributed by atoms with E-state index in [0.717, 1.165) is 54.4 Å². The predicted molar refractivity (Wildman–Crippen MR) is 128 cm³/mol. The van der Waals surface area contributed by atoms with Crippen LogP contribution in [0.3, 0.4) is 0 Å². The Labute approximate surface area is 192 Å². The summed E-state index contributed by atoms with van der Waals surface area (Å²) >= 11 is 1.59. The Morgan fingerprint density at radius 2 is 1.44 bits per heavy atom. The molecule has 5 rings (SSSR count). The number of aromatic nitrogens is 2. The van der Waals surface area contributed by atoms with Crippen LogP contribution < -0.4 is 0 Å². The molecule has 0 spiro atoms. The van der Waals surface area contributed by atoms with Crippen molar-refractivity contribution in [2.45, 2.75) is 36.3 Å². The molecule has 0 unspecified atom stereocenters. The molecule has 160 valence electrons. The lowest BCUT2D eigenvalue weighted by molar-refractivity contribution is -0.111. The lowest BCUT2D eigenvalue weighted by Crippen LogP contribution is -2.27. The summed E-state index contributed by atoms with van der Waals surface area (Å²) < 4.78 is 5.76. The van der Waals surface area contributed by atoms with Gasteiger partial charge in [-0.1, -0.05) is 91.3 Å². The number of nitrogens with zero attached hydrogens (tertiary/aromatic N) is 2. The van der Waals surface area contributed by atoms with Crippen molar-refractivity contribution < 1.29 is 9.21 Å². The molecule has 0 saturated carbocycles. The first-order chi connectivity index (χ1) is 15.8. The van der Waals surface area contributed by atoms with Crippen LogP contribution in [0.25, 0.3) is 22.6 Å². The van der Waals surface area contributed by atoms with E-state index in [1.807, 2.05) is 42.5 Å². The van der Waals surface area contributed by atoms with Crippen molar-refractivity contribution >= 4 is 18.0 Å². The predicted octanol–water partition coefficient (Wildman–Crippen LogP) is 6.55. The van der Waals surface area contributed by atoms with Crippen molar-refractivity contribution in [2.24, 2.45) is 0 Å². The van der Waals surface area contributed by atoms with E-state index in [0.29, 0.717) is 11.1 Å². The average molecular weight is 441 g/mol. The normalized spacial score (nSPS) is 13.5. The Hall–Kier alpha value is -3.18. The molecule has 4 nitrogen and oxygen atoms in total. The smallest absolute Gasteiger partial charge is 0.276 e. The molecular formula is C27H24N2O2S. The summed E-state index contributed by atoms with van der Waals surface area (Å²) in [4.78, 5) is 12.4. The standard InChI is InChI=1S/C27H24N2O2S/c30-19-27(23-15-7-5-13-21(23)22-14-6-8-16-24(22)27)17-9-2-10-18-32-26-29-28-25(31-26)20-11-3-1-4-12-20/h1,3-8,11-16,19H,2,9-10,17-18H2. The molecule has 1 aliphatic carbocycles. The third kappa shape index (κ3) is 3.78. The lowest BCUT2D eigenvalue weighted by Gasteiger charge is -2.25. The third-order valence-electron chi connectivity index (χ3n) is 6.17. The van der Waals surface area contributed by atoms with Gasteiger partial charge in [-0.05, 0) is 47.2 Å². The zero-order valence-corrected chi connectivity index (χ0v) is 18.6. The zero-order chi connectivity index (χ0) is 21.8. The van der Waals surface area contributed by atoms with Gasteiger partial charge in [0.15, 0.2) is 0 Å². The molecule has 0 fully saturated rings. The number of unbranched alkanes of at least 4 members (excludes halogenated alkanes) is 2. The van der Waals surface area contributed by atoms with Crippen molar-refractivity contribution in [3.63, 3.8) is 0 Å². The topological polar surface area (TPSA) is 56.0 Å². The van der Waals surface area contributed by atoms with Crippen LogP contribution in [0.1, 0.15) is 36.8 Å². The van der Waals surface area contributed by atoms with Gasteiger partial charge in [-0.15, -0.1) is 10.2 Å². The van der Waals surface area contributed by atoms with Crippen molar-refractivity contribution in [3.05, 3.63) is 90.0 Å². The Morgan fingerprint density at radius 1 is 0.781 bits per heavy atom. The van der Waals surface area contributed by atoms with Crippen LogP contribution in [-0.2, 0) is 10.2 Å². The van der Waals surface area contributed by atoms with Crippen LogP contribution in [0.4, 0.5) is 0 Å². The summed E-state index contributed by atoms with van der Waals surface area (Å²) in [5.41, 5.74) is 5.07. The molecule has 1 aliphatic rings. The molecule has 0 atom stereocenters. The molecule has 0 radical (unpaired) electrons. The van der Waals surface area contributed by atoms with Crippen LogP contribution in [0.5, 0.6) is 0 Å². The highest BCUT2D eigenvalue weighted by Crippen LogP contribution is 2.50. The maximum atomic E-state index is 12.4. The minimum Gasteiger partial charge on any atom is -0.411 e. The fraction of sp³-hybridized carbons (Fsp3) is 0.222. The number of carbonyl (C=O) groups excluding carboxylic acids is 1. The number of aldehydes is 1. The first kappa shape index (κ1) is 20.7. The first-order valence-electron chi connectivity index (χ1n) is 11.0. The van der Waals surface area contributed by atoms with Crippen LogP contribution in [0, 0.1) is 0 Å². The molecule has 1 aromatic heterocycles. The number of hydrogen-bond donors (Lipinski definition) is 0. The zero-order valence-electron chi connectivity index (χ0n) is 17.7. The monoisotopic (exact) mass is 440 g/mol. The Morgan fingerprint density at radius 3 is 2.12 bits per heavy atom. The first-order valence-corrected chi connectivity index (χ1v) is 12.0. The molecule has 4 aromatic rings. The van der Waals surface area contributed by atoms with Gasteiger partial charge in [-0.25, -0.2) is 0 Å². The van der Waals surface area contributed by atoms with Gasteiger partial charge in [0, 0.05) is 11.3 Å². The van der Waals surface area contributed by atoms with E-state index >= 15 is 0 Å². The van der Waals surface area contributed by atoms with Crippen molar-refractivity contribution in [3.8, 4) is 22.6 Å². The van der Waals surface area contributed by atoms with Crippen LogP contribution >= 0.6 is 11.8 Å². The lowest BCUT2D eigenvalue weighted by atomic mass is 9.75. The van der Waals surface area contributed by atoms with Gasteiger partial charge in [0.05, 0.1) is 5.41 Å². The number of carbonyl (C=O) groups is 1. The second-order valence-electron chi connectivity index (χ2n) is 8.08. The van der Waals surface area contributed by atoms with Gasteiger partial charge in [0.1, 0.15) is 6.29 Å². The summed E-state index contributed by atoms with van der Waals surface area (Å²) in [5, 5.41) is 8.89. The number of thioether (sulfide) groups is 1. The number of hydrogen-bond acceptors (Lipinski definition) is 5.